The minimum absolute atomic E-state index is 0.230. The molecule has 4 aromatic rings. The van der Waals surface area contributed by atoms with Crippen molar-refractivity contribution in [2.24, 2.45) is 5.73 Å². The first-order valence-corrected chi connectivity index (χ1v) is 12.9. The molecule has 7 heteroatoms. The summed E-state index contributed by atoms with van der Waals surface area (Å²) in [4.78, 5) is 26.8. The van der Waals surface area contributed by atoms with E-state index in [0.717, 1.165) is 30.6 Å². The molecule has 4 aromatic carbocycles. The SMILES string of the molecule is Cc1ccc(CNC(=O)c2ccc3c(c2)CCCN3Cc2cccc(-c3ccccc3C(N)=O)c2F)cc1F. The highest BCUT2D eigenvalue weighted by Gasteiger charge is 2.22. The molecular weight excluding hydrogens is 496 g/mol. The van der Waals surface area contributed by atoms with Gasteiger partial charge in [0.25, 0.3) is 5.91 Å². The van der Waals surface area contributed by atoms with Crippen LogP contribution in [0.25, 0.3) is 11.1 Å². The number of hydrogen-bond donors (Lipinski definition) is 2. The van der Waals surface area contributed by atoms with Crippen LogP contribution in [0.2, 0.25) is 0 Å². The van der Waals surface area contributed by atoms with Crippen molar-refractivity contribution in [3.05, 3.63) is 124 Å². The van der Waals surface area contributed by atoms with Crippen molar-refractivity contribution in [3.63, 3.8) is 0 Å². The molecule has 0 spiro atoms. The topological polar surface area (TPSA) is 75.4 Å². The number of carbonyl (C=O) groups is 2. The van der Waals surface area contributed by atoms with Crippen LogP contribution in [-0.4, -0.2) is 18.4 Å². The number of nitrogens with one attached hydrogen (secondary N) is 1. The monoisotopic (exact) mass is 525 g/mol. The van der Waals surface area contributed by atoms with E-state index in [1.165, 1.54) is 6.07 Å². The van der Waals surface area contributed by atoms with Gasteiger partial charge in [-0.25, -0.2) is 8.78 Å². The Morgan fingerprint density at radius 1 is 0.949 bits per heavy atom. The van der Waals surface area contributed by atoms with E-state index in [0.29, 0.717) is 39.9 Å². The molecule has 3 N–H and O–H groups in total. The number of anilines is 1. The first-order chi connectivity index (χ1) is 18.8. The smallest absolute Gasteiger partial charge is 0.251 e. The van der Waals surface area contributed by atoms with Gasteiger partial charge in [0, 0.05) is 47.6 Å². The van der Waals surface area contributed by atoms with Gasteiger partial charge in [0.1, 0.15) is 11.6 Å². The Hall–Kier alpha value is -4.52. The number of amides is 2. The summed E-state index contributed by atoms with van der Waals surface area (Å²) in [7, 11) is 0. The van der Waals surface area contributed by atoms with Gasteiger partial charge in [0.15, 0.2) is 0 Å². The molecule has 0 bridgehead atoms. The summed E-state index contributed by atoms with van der Waals surface area (Å²) in [5, 5.41) is 2.86. The lowest BCUT2D eigenvalue weighted by Gasteiger charge is -2.32. The highest BCUT2D eigenvalue weighted by Crippen LogP contribution is 2.32. The fourth-order valence-electron chi connectivity index (χ4n) is 5.06. The van der Waals surface area contributed by atoms with Gasteiger partial charge < -0.3 is 16.0 Å². The van der Waals surface area contributed by atoms with Gasteiger partial charge in [-0.05, 0) is 72.4 Å². The average Bonchev–Trinajstić information content (AvgIpc) is 2.94. The van der Waals surface area contributed by atoms with Crippen molar-refractivity contribution in [2.45, 2.75) is 32.9 Å². The Labute approximate surface area is 226 Å². The molecule has 198 valence electrons. The predicted molar refractivity (Wildman–Crippen MR) is 148 cm³/mol. The van der Waals surface area contributed by atoms with Gasteiger partial charge in [-0.1, -0.05) is 48.5 Å². The van der Waals surface area contributed by atoms with Crippen molar-refractivity contribution in [2.75, 3.05) is 11.4 Å². The molecule has 1 heterocycles. The quantitative estimate of drug-likeness (QED) is 0.314. The standard InChI is InChI=1S/C32H29F2N3O2/c1-20-11-12-21(16-28(20)33)18-36-32(39)23-13-14-29-22(17-23)7-5-15-37(29)19-24-6-4-10-26(30(24)34)25-8-2-3-9-27(25)31(35)38/h2-4,6,8-14,16-17H,5,7,15,18-19H2,1H3,(H2,35,38)(H,36,39). The molecule has 5 rings (SSSR count). The van der Waals surface area contributed by atoms with E-state index in [1.54, 1.807) is 67.6 Å². The van der Waals surface area contributed by atoms with E-state index in [4.69, 9.17) is 5.73 Å². The van der Waals surface area contributed by atoms with Crippen molar-refractivity contribution in [1.82, 2.24) is 5.32 Å². The maximum absolute atomic E-state index is 15.7. The third-order valence-corrected chi connectivity index (χ3v) is 7.17. The fraction of sp³-hybridized carbons (Fsp3) is 0.188. The molecule has 39 heavy (non-hydrogen) atoms. The molecule has 0 radical (unpaired) electrons. The fourth-order valence-corrected chi connectivity index (χ4v) is 5.06. The molecule has 5 nitrogen and oxygen atoms in total. The van der Waals surface area contributed by atoms with Crippen molar-refractivity contribution >= 4 is 17.5 Å². The number of hydrogen-bond acceptors (Lipinski definition) is 3. The van der Waals surface area contributed by atoms with Crippen LogP contribution in [0.15, 0.2) is 78.9 Å². The van der Waals surface area contributed by atoms with Gasteiger partial charge in [0.05, 0.1) is 0 Å². The molecule has 1 aliphatic rings. The molecule has 1 aliphatic heterocycles. The van der Waals surface area contributed by atoms with Gasteiger partial charge in [0.2, 0.25) is 5.91 Å². The number of nitrogens with zero attached hydrogens (tertiary/aromatic N) is 1. The second kappa shape index (κ2) is 11.1. The van der Waals surface area contributed by atoms with E-state index >= 15 is 4.39 Å². The van der Waals surface area contributed by atoms with Crippen LogP contribution in [0.1, 0.15) is 49.4 Å². The van der Waals surface area contributed by atoms with E-state index in [2.05, 4.69) is 10.2 Å². The van der Waals surface area contributed by atoms with Crippen molar-refractivity contribution in [1.29, 1.82) is 0 Å². The molecule has 0 aromatic heterocycles. The van der Waals surface area contributed by atoms with Crippen LogP contribution in [0.3, 0.4) is 0 Å². The zero-order valence-electron chi connectivity index (χ0n) is 21.6. The summed E-state index contributed by atoms with van der Waals surface area (Å²) in [5.41, 5.74) is 10.9. The van der Waals surface area contributed by atoms with E-state index < -0.39 is 5.91 Å². The van der Waals surface area contributed by atoms with Gasteiger partial charge in [-0.2, -0.15) is 0 Å². The summed E-state index contributed by atoms with van der Waals surface area (Å²) in [6.07, 6.45) is 1.68. The number of nitrogens with two attached hydrogens (primary N) is 1. The molecule has 0 fully saturated rings. The van der Waals surface area contributed by atoms with Crippen LogP contribution in [0.4, 0.5) is 14.5 Å². The van der Waals surface area contributed by atoms with Crippen molar-refractivity contribution in [3.8, 4) is 11.1 Å². The lowest BCUT2D eigenvalue weighted by molar-refractivity contribution is 0.0949. The third kappa shape index (κ3) is 5.53. The second-order valence-electron chi connectivity index (χ2n) is 9.82. The van der Waals surface area contributed by atoms with E-state index in [-0.39, 0.29) is 29.6 Å². The van der Waals surface area contributed by atoms with Gasteiger partial charge >= 0.3 is 0 Å². The summed E-state index contributed by atoms with van der Waals surface area (Å²) in [6.45, 7) is 3.02. The molecule has 2 amide bonds. The van der Waals surface area contributed by atoms with E-state index in [9.17, 15) is 14.0 Å². The highest BCUT2D eigenvalue weighted by molar-refractivity contribution is 6.00. The Bertz CT molecular complexity index is 1570. The second-order valence-corrected chi connectivity index (χ2v) is 9.82. The van der Waals surface area contributed by atoms with Crippen molar-refractivity contribution < 1.29 is 18.4 Å². The van der Waals surface area contributed by atoms with Crippen LogP contribution in [-0.2, 0) is 19.5 Å². The summed E-state index contributed by atoms with van der Waals surface area (Å²) in [5.74, 6) is -1.52. The number of fused-ring (bicyclic) bond motifs is 1. The average molecular weight is 526 g/mol. The predicted octanol–water partition coefficient (Wildman–Crippen LogP) is 5.92. The molecule has 0 unspecified atom stereocenters. The zero-order valence-corrected chi connectivity index (χ0v) is 21.6. The lowest BCUT2D eigenvalue weighted by Crippen LogP contribution is -2.30. The van der Waals surface area contributed by atoms with Crippen LogP contribution in [0.5, 0.6) is 0 Å². The number of benzene rings is 4. The molecule has 0 aliphatic carbocycles. The van der Waals surface area contributed by atoms with Gasteiger partial charge in [-0.15, -0.1) is 0 Å². The first kappa shape index (κ1) is 26.1. The first-order valence-electron chi connectivity index (χ1n) is 12.9. The Balaban J connectivity index is 1.34. The number of rotatable bonds is 7. The molecule has 0 atom stereocenters. The Morgan fingerprint density at radius 2 is 1.74 bits per heavy atom. The number of primary amides is 1. The zero-order chi connectivity index (χ0) is 27.5. The normalized spacial score (nSPS) is 12.6. The number of aryl methyl sites for hydroxylation is 2. The number of halogens is 2. The maximum Gasteiger partial charge on any atom is 0.251 e. The molecular formula is C32H29F2N3O2. The third-order valence-electron chi connectivity index (χ3n) is 7.17. The lowest BCUT2D eigenvalue weighted by atomic mass is 9.95. The summed E-state index contributed by atoms with van der Waals surface area (Å²) < 4.78 is 29.6. The Morgan fingerprint density at radius 3 is 2.54 bits per heavy atom. The minimum atomic E-state index is -0.605. The Kier molecular flexibility index (Phi) is 7.41. The van der Waals surface area contributed by atoms with Crippen LogP contribution in [0, 0.1) is 18.6 Å². The largest absolute Gasteiger partial charge is 0.367 e. The maximum atomic E-state index is 15.7. The van der Waals surface area contributed by atoms with Gasteiger partial charge in [-0.3, -0.25) is 9.59 Å². The van der Waals surface area contributed by atoms with Crippen LogP contribution < -0.4 is 16.0 Å². The van der Waals surface area contributed by atoms with E-state index in [1.807, 2.05) is 12.1 Å². The summed E-state index contributed by atoms with van der Waals surface area (Å²) >= 11 is 0. The number of carbonyl (C=O) groups excluding carboxylic acids is 2. The molecule has 0 saturated heterocycles. The highest BCUT2D eigenvalue weighted by atomic mass is 19.1. The molecule has 0 saturated carbocycles. The van der Waals surface area contributed by atoms with Crippen LogP contribution >= 0.6 is 0 Å². The summed E-state index contributed by atoms with van der Waals surface area (Å²) in [6, 6.07) is 22.4. The minimum Gasteiger partial charge on any atom is -0.367 e.